The maximum atomic E-state index is 12.9. The standard InChI is InChI=1S/C20H24N6O2/c1-14-11-18(15(2)26(14)20-21-13-22-23-20)19(28)12-24-7-9-25(10-8-24)16-3-5-17(27)6-4-16/h3-6,11,13,27H,7-10,12H2,1-2H3,(H,21,22,23). The Morgan fingerprint density at radius 3 is 2.50 bits per heavy atom. The maximum absolute atomic E-state index is 12.9. The van der Waals surface area contributed by atoms with Crippen LogP contribution in [0.5, 0.6) is 5.75 Å². The van der Waals surface area contributed by atoms with Crippen molar-refractivity contribution in [3.05, 3.63) is 53.6 Å². The summed E-state index contributed by atoms with van der Waals surface area (Å²) in [6.07, 6.45) is 1.46. The van der Waals surface area contributed by atoms with Crippen LogP contribution in [0.15, 0.2) is 36.7 Å². The second kappa shape index (κ2) is 7.47. The second-order valence-corrected chi connectivity index (χ2v) is 7.13. The number of aromatic nitrogens is 4. The lowest BCUT2D eigenvalue weighted by molar-refractivity contribution is 0.0926. The summed E-state index contributed by atoms with van der Waals surface area (Å²) in [5.41, 5.74) is 3.66. The SMILES string of the molecule is Cc1cc(C(=O)CN2CCN(c3ccc(O)cc3)CC2)c(C)n1-c1ncn[nH]1. The first-order chi connectivity index (χ1) is 13.5. The van der Waals surface area contributed by atoms with Crippen molar-refractivity contribution in [3.8, 4) is 11.7 Å². The van der Waals surface area contributed by atoms with E-state index in [1.165, 1.54) is 6.33 Å². The Balaban J connectivity index is 1.40. The van der Waals surface area contributed by atoms with Gasteiger partial charge in [-0.05, 0) is 44.2 Å². The Morgan fingerprint density at radius 1 is 1.14 bits per heavy atom. The van der Waals surface area contributed by atoms with Gasteiger partial charge in [0.2, 0.25) is 5.95 Å². The summed E-state index contributed by atoms with van der Waals surface area (Å²) in [5, 5.41) is 16.2. The highest BCUT2D eigenvalue weighted by atomic mass is 16.3. The molecule has 8 heteroatoms. The van der Waals surface area contributed by atoms with Gasteiger partial charge in [0.15, 0.2) is 5.78 Å². The highest BCUT2D eigenvalue weighted by molar-refractivity contribution is 5.99. The molecule has 0 aliphatic carbocycles. The van der Waals surface area contributed by atoms with Gasteiger partial charge in [-0.25, -0.2) is 5.10 Å². The van der Waals surface area contributed by atoms with Crippen molar-refractivity contribution >= 4 is 11.5 Å². The number of nitrogens with zero attached hydrogens (tertiary/aromatic N) is 5. The molecule has 2 aromatic heterocycles. The zero-order valence-corrected chi connectivity index (χ0v) is 16.1. The van der Waals surface area contributed by atoms with E-state index in [4.69, 9.17) is 0 Å². The lowest BCUT2D eigenvalue weighted by Gasteiger charge is -2.35. The molecule has 0 saturated carbocycles. The number of phenolic OH excluding ortho intramolecular Hbond substituents is 1. The summed E-state index contributed by atoms with van der Waals surface area (Å²) in [4.78, 5) is 21.6. The number of H-pyrrole nitrogens is 1. The zero-order valence-electron chi connectivity index (χ0n) is 16.1. The monoisotopic (exact) mass is 380 g/mol. The average Bonchev–Trinajstić information content (AvgIpc) is 3.31. The summed E-state index contributed by atoms with van der Waals surface area (Å²) in [7, 11) is 0. The molecule has 0 atom stereocenters. The number of ketones is 1. The summed E-state index contributed by atoms with van der Waals surface area (Å²) in [5.74, 6) is 1.02. The van der Waals surface area contributed by atoms with Crippen molar-refractivity contribution < 1.29 is 9.90 Å². The maximum Gasteiger partial charge on any atom is 0.229 e. The number of hydrogen-bond acceptors (Lipinski definition) is 6. The van der Waals surface area contributed by atoms with E-state index < -0.39 is 0 Å². The number of rotatable bonds is 5. The highest BCUT2D eigenvalue weighted by Gasteiger charge is 2.23. The molecule has 1 fully saturated rings. The minimum Gasteiger partial charge on any atom is -0.508 e. The molecule has 146 valence electrons. The van der Waals surface area contributed by atoms with Gasteiger partial charge in [0.05, 0.1) is 6.54 Å². The van der Waals surface area contributed by atoms with Gasteiger partial charge >= 0.3 is 0 Å². The molecule has 1 aromatic carbocycles. The third-order valence-corrected chi connectivity index (χ3v) is 5.30. The largest absolute Gasteiger partial charge is 0.508 e. The molecule has 0 spiro atoms. The Hall–Kier alpha value is -3.13. The Morgan fingerprint density at radius 2 is 1.86 bits per heavy atom. The molecule has 0 amide bonds. The van der Waals surface area contributed by atoms with Crippen LogP contribution in [0.1, 0.15) is 21.7 Å². The fraction of sp³-hybridized carbons (Fsp3) is 0.350. The number of aromatic hydroxyl groups is 1. The van der Waals surface area contributed by atoms with Crippen molar-refractivity contribution in [2.24, 2.45) is 0 Å². The van der Waals surface area contributed by atoms with Crippen molar-refractivity contribution in [1.29, 1.82) is 0 Å². The van der Waals surface area contributed by atoms with Crippen molar-refractivity contribution in [3.63, 3.8) is 0 Å². The smallest absolute Gasteiger partial charge is 0.229 e. The molecule has 1 saturated heterocycles. The fourth-order valence-electron chi connectivity index (χ4n) is 3.79. The van der Waals surface area contributed by atoms with E-state index in [0.29, 0.717) is 12.5 Å². The van der Waals surface area contributed by atoms with Crippen LogP contribution in [-0.2, 0) is 0 Å². The van der Waals surface area contributed by atoms with Crippen LogP contribution in [0.4, 0.5) is 5.69 Å². The summed E-state index contributed by atoms with van der Waals surface area (Å²) < 4.78 is 1.92. The number of phenols is 1. The molecular weight excluding hydrogens is 356 g/mol. The first-order valence-electron chi connectivity index (χ1n) is 9.37. The van der Waals surface area contributed by atoms with Crippen molar-refractivity contribution in [2.75, 3.05) is 37.6 Å². The molecule has 2 N–H and O–H groups in total. The van der Waals surface area contributed by atoms with Crippen molar-refractivity contribution in [1.82, 2.24) is 24.6 Å². The van der Waals surface area contributed by atoms with Crippen LogP contribution in [0, 0.1) is 13.8 Å². The van der Waals surface area contributed by atoms with Gasteiger partial charge in [-0.1, -0.05) is 0 Å². The number of piperazine rings is 1. The lowest BCUT2D eigenvalue weighted by atomic mass is 10.1. The quantitative estimate of drug-likeness (QED) is 0.658. The average molecular weight is 380 g/mol. The van der Waals surface area contributed by atoms with E-state index >= 15 is 0 Å². The molecule has 0 unspecified atom stereocenters. The number of anilines is 1. The van der Waals surface area contributed by atoms with Gasteiger partial charge in [0, 0.05) is 48.8 Å². The molecule has 0 radical (unpaired) electrons. The van der Waals surface area contributed by atoms with Gasteiger partial charge in [-0.2, -0.15) is 10.1 Å². The van der Waals surface area contributed by atoms with E-state index in [1.54, 1.807) is 12.1 Å². The number of aromatic amines is 1. The summed E-state index contributed by atoms with van der Waals surface area (Å²) in [6.45, 7) is 7.67. The number of carbonyl (C=O) groups is 1. The van der Waals surface area contributed by atoms with Gasteiger partial charge in [0.1, 0.15) is 12.1 Å². The Bertz CT molecular complexity index is 954. The third kappa shape index (κ3) is 3.50. The molecular formula is C20H24N6O2. The number of nitrogens with one attached hydrogen (secondary N) is 1. The molecule has 1 aliphatic rings. The van der Waals surface area contributed by atoms with Crippen LogP contribution < -0.4 is 4.90 Å². The van der Waals surface area contributed by atoms with Crippen LogP contribution in [0.3, 0.4) is 0 Å². The topological polar surface area (TPSA) is 90.3 Å². The Labute approximate surface area is 163 Å². The minimum absolute atomic E-state index is 0.122. The molecule has 3 aromatic rings. The van der Waals surface area contributed by atoms with E-state index in [0.717, 1.165) is 48.8 Å². The summed E-state index contributed by atoms with van der Waals surface area (Å²) in [6, 6.07) is 9.18. The number of carbonyl (C=O) groups excluding carboxylic acids is 1. The van der Waals surface area contributed by atoms with E-state index in [2.05, 4.69) is 25.0 Å². The molecule has 3 heterocycles. The van der Waals surface area contributed by atoms with Crippen molar-refractivity contribution in [2.45, 2.75) is 13.8 Å². The molecule has 28 heavy (non-hydrogen) atoms. The molecule has 1 aliphatic heterocycles. The molecule has 0 bridgehead atoms. The number of benzene rings is 1. The minimum atomic E-state index is 0.122. The number of hydrogen-bond donors (Lipinski definition) is 2. The van der Waals surface area contributed by atoms with Crippen LogP contribution in [0.2, 0.25) is 0 Å². The van der Waals surface area contributed by atoms with Gasteiger partial charge in [-0.15, -0.1) is 0 Å². The second-order valence-electron chi connectivity index (χ2n) is 7.13. The van der Waals surface area contributed by atoms with E-state index in [9.17, 15) is 9.90 Å². The first-order valence-corrected chi connectivity index (χ1v) is 9.37. The van der Waals surface area contributed by atoms with Gasteiger partial charge in [-0.3, -0.25) is 14.3 Å². The highest BCUT2D eigenvalue weighted by Crippen LogP contribution is 2.21. The Kier molecular flexibility index (Phi) is 4.87. The molecule has 8 nitrogen and oxygen atoms in total. The van der Waals surface area contributed by atoms with E-state index in [1.807, 2.05) is 36.6 Å². The molecule has 4 rings (SSSR count). The zero-order chi connectivity index (χ0) is 19.7. The predicted octanol–water partition coefficient (Wildman–Crippen LogP) is 1.92. The van der Waals surface area contributed by atoms with Crippen LogP contribution >= 0.6 is 0 Å². The summed E-state index contributed by atoms with van der Waals surface area (Å²) >= 11 is 0. The van der Waals surface area contributed by atoms with Gasteiger partial charge in [0.25, 0.3) is 0 Å². The fourth-order valence-corrected chi connectivity index (χ4v) is 3.79. The van der Waals surface area contributed by atoms with E-state index in [-0.39, 0.29) is 11.5 Å². The normalized spacial score (nSPS) is 15.1. The van der Waals surface area contributed by atoms with Gasteiger partial charge < -0.3 is 10.0 Å². The number of aryl methyl sites for hydroxylation is 1. The lowest BCUT2D eigenvalue weighted by Crippen LogP contribution is -2.48. The third-order valence-electron chi connectivity index (χ3n) is 5.30. The van der Waals surface area contributed by atoms with Crippen LogP contribution in [-0.4, -0.2) is 68.3 Å². The first kappa shape index (κ1) is 18.2. The predicted molar refractivity (Wildman–Crippen MR) is 106 cm³/mol. The number of Topliss-reactive ketones (excluding diaryl/α,β-unsaturated/α-hetero) is 1. The van der Waals surface area contributed by atoms with Crippen LogP contribution in [0.25, 0.3) is 5.95 Å².